The van der Waals surface area contributed by atoms with Gasteiger partial charge >= 0.3 is 0 Å². The lowest BCUT2D eigenvalue weighted by Gasteiger charge is -2.14. The highest BCUT2D eigenvalue weighted by Crippen LogP contribution is 2.24. The fraction of sp³-hybridized carbons (Fsp3) is 0.429. The molecule has 0 aromatic carbocycles. The predicted molar refractivity (Wildman–Crippen MR) is 85.1 cm³/mol. The molecule has 6 heteroatoms. The third kappa shape index (κ3) is 3.08. The third-order valence-electron chi connectivity index (χ3n) is 3.20. The van der Waals surface area contributed by atoms with Gasteiger partial charge in [0.15, 0.2) is 0 Å². The van der Waals surface area contributed by atoms with Gasteiger partial charge in [-0.15, -0.1) is 11.3 Å². The van der Waals surface area contributed by atoms with Crippen LogP contribution < -0.4 is 16.6 Å². The number of aromatic nitrogens is 2. The van der Waals surface area contributed by atoms with E-state index in [-0.39, 0.29) is 5.92 Å². The van der Waals surface area contributed by atoms with Crippen molar-refractivity contribution in [2.45, 2.75) is 40.2 Å². The van der Waals surface area contributed by atoms with Gasteiger partial charge in [0.2, 0.25) is 0 Å². The molecule has 0 radical (unpaired) electrons. The van der Waals surface area contributed by atoms with Crippen LogP contribution in [-0.2, 0) is 6.54 Å². The summed E-state index contributed by atoms with van der Waals surface area (Å²) in [6, 6.07) is 2.13. The molecule has 5 nitrogen and oxygen atoms in total. The summed E-state index contributed by atoms with van der Waals surface area (Å²) < 4.78 is 0. The van der Waals surface area contributed by atoms with Crippen LogP contribution in [0.5, 0.6) is 0 Å². The Hall–Kier alpha value is -1.66. The average molecular weight is 291 g/mol. The maximum atomic E-state index is 5.54. The standard InChI is InChI=1S/C14H21N5S/c1-8(2)12-17-13(10(4)14(18-12)19-15)16-7-11-9(3)5-6-20-11/h5-6,8H,7,15H2,1-4H3,(H2,16,17,18,19). The summed E-state index contributed by atoms with van der Waals surface area (Å²) >= 11 is 1.75. The van der Waals surface area contributed by atoms with E-state index in [4.69, 9.17) is 5.84 Å². The van der Waals surface area contributed by atoms with Crippen LogP contribution in [0.1, 0.15) is 41.6 Å². The lowest BCUT2D eigenvalue weighted by molar-refractivity contribution is 0.772. The fourth-order valence-corrected chi connectivity index (χ4v) is 2.70. The molecule has 20 heavy (non-hydrogen) atoms. The van der Waals surface area contributed by atoms with Crippen molar-refractivity contribution in [3.63, 3.8) is 0 Å². The highest BCUT2D eigenvalue weighted by atomic mass is 32.1. The number of anilines is 2. The van der Waals surface area contributed by atoms with Crippen molar-refractivity contribution in [1.82, 2.24) is 9.97 Å². The summed E-state index contributed by atoms with van der Waals surface area (Å²) in [7, 11) is 0. The second kappa shape index (κ2) is 6.19. The van der Waals surface area contributed by atoms with Crippen LogP contribution in [0.4, 0.5) is 11.6 Å². The molecule has 0 saturated heterocycles. The van der Waals surface area contributed by atoms with E-state index >= 15 is 0 Å². The zero-order valence-corrected chi connectivity index (χ0v) is 13.1. The van der Waals surface area contributed by atoms with Crippen LogP contribution in [0.2, 0.25) is 0 Å². The molecule has 0 aliphatic heterocycles. The van der Waals surface area contributed by atoms with Gasteiger partial charge in [0.05, 0.1) is 6.54 Å². The monoisotopic (exact) mass is 291 g/mol. The number of hydrogen-bond acceptors (Lipinski definition) is 6. The van der Waals surface area contributed by atoms with E-state index in [0.717, 1.165) is 23.8 Å². The SMILES string of the molecule is Cc1ccsc1CNc1nc(C(C)C)nc(NN)c1C. The number of aryl methyl sites for hydroxylation is 1. The summed E-state index contributed by atoms with van der Waals surface area (Å²) in [4.78, 5) is 10.3. The lowest BCUT2D eigenvalue weighted by atomic mass is 10.2. The Morgan fingerprint density at radius 3 is 2.50 bits per heavy atom. The molecule has 0 atom stereocenters. The van der Waals surface area contributed by atoms with Gasteiger partial charge in [-0.25, -0.2) is 15.8 Å². The minimum Gasteiger partial charge on any atom is -0.365 e. The molecular formula is C14H21N5S. The smallest absolute Gasteiger partial charge is 0.148 e. The highest BCUT2D eigenvalue weighted by molar-refractivity contribution is 7.10. The molecular weight excluding hydrogens is 270 g/mol. The second-order valence-electron chi connectivity index (χ2n) is 5.08. The van der Waals surface area contributed by atoms with Gasteiger partial charge in [0.1, 0.15) is 17.5 Å². The van der Waals surface area contributed by atoms with Crippen LogP contribution >= 0.6 is 11.3 Å². The van der Waals surface area contributed by atoms with Gasteiger partial charge in [-0.2, -0.15) is 0 Å². The van der Waals surface area contributed by atoms with E-state index in [0.29, 0.717) is 5.82 Å². The Morgan fingerprint density at radius 1 is 1.25 bits per heavy atom. The second-order valence-corrected chi connectivity index (χ2v) is 6.08. The Kier molecular flexibility index (Phi) is 4.57. The number of rotatable bonds is 5. The van der Waals surface area contributed by atoms with Gasteiger partial charge in [-0.1, -0.05) is 13.8 Å². The zero-order valence-electron chi connectivity index (χ0n) is 12.3. The predicted octanol–water partition coefficient (Wildman–Crippen LogP) is 3.18. The molecule has 0 bridgehead atoms. The van der Waals surface area contributed by atoms with Crippen LogP contribution in [-0.4, -0.2) is 9.97 Å². The van der Waals surface area contributed by atoms with E-state index in [9.17, 15) is 0 Å². The van der Waals surface area contributed by atoms with Crippen molar-refractivity contribution in [3.05, 3.63) is 33.3 Å². The molecule has 0 aliphatic carbocycles. The molecule has 0 saturated carbocycles. The Labute approximate surface area is 123 Å². The van der Waals surface area contributed by atoms with E-state index in [2.05, 4.69) is 52.9 Å². The van der Waals surface area contributed by atoms with Crippen LogP contribution in [0, 0.1) is 13.8 Å². The molecule has 2 rings (SSSR count). The van der Waals surface area contributed by atoms with Crippen molar-refractivity contribution in [2.24, 2.45) is 5.84 Å². The number of nitrogens with two attached hydrogens (primary N) is 1. The molecule has 0 spiro atoms. The fourth-order valence-electron chi connectivity index (χ4n) is 1.85. The number of nitrogens with one attached hydrogen (secondary N) is 2. The Morgan fingerprint density at radius 2 is 1.95 bits per heavy atom. The van der Waals surface area contributed by atoms with Gasteiger partial charge in [-0.3, -0.25) is 0 Å². The molecule has 2 aromatic heterocycles. The maximum Gasteiger partial charge on any atom is 0.148 e. The number of nitrogen functional groups attached to an aromatic ring is 1. The van der Waals surface area contributed by atoms with E-state index < -0.39 is 0 Å². The summed E-state index contributed by atoms with van der Waals surface area (Å²) in [5.74, 6) is 8.09. The largest absolute Gasteiger partial charge is 0.365 e. The Bertz CT molecular complexity index is 591. The van der Waals surface area contributed by atoms with Crippen LogP contribution in [0.3, 0.4) is 0 Å². The lowest BCUT2D eigenvalue weighted by Crippen LogP contribution is -2.15. The van der Waals surface area contributed by atoms with Crippen LogP contribution in [0.15, 0.2) is 11.4 Å². The molecule has 2 aromatic rings. The number of thiophene rings is 1. The van der Waals surface area contributed by atoms with Gasteiger partial charge in [-0.05, 0) is 30.9 Å². The van der Waals surface area contributed by atoms with E-state index in [1.165, 1.54) is 10.4 Å². The Balaban J connectivity index is 2.26. The average Bonchev–Trinajstić information content (AvgIpc) is 2.83. The molecule has 2 heterocycles. The van der Waals surface area contributed by atoms with Crippen molar-refractivity contribution in [3.8, 4) is 0 Å². The van der Waals surface area contributed by atoms with Gasteiger partial charge < -0.3 is 10.7 Å². The first-order valence-corrected chi connectivity index (χ1v) is 7.53. The zero-order chi connectivity index (χ0) is 14.7. The highest BCUT2D eigenvalue weighted by Gasteiger charge is 2.12. The minimum atomic E-state index is 0.256. The normalized spacial score (nSPS) is 10.9. The number of hydrazine groups is 1. The first kappa shape index (κ1) is 14.7. The topological polar surface area (TPSA) is 75.9 Å². The van der Waals surface area contributed by atoms with Crippen molar-refractivity contribution >= 4 is 23.0 Å². The van der Waals surface area contributed by atoms with Crippen LogP contribution in [0.25, 0.3) is 0 Å². The molecule has 0 aliphatic rings. The van der Waals surface area contributed by atoms with Crippen molar-refractivity contribution in [1.29, 1.82) is 0 Å². The first-order chi connectivity index (χ1) is 9.52. The first-order valence-electron chi connectivity index (χ1n) is 6.65. The quantitative estimate of drug-likeness (QED) is 0.582. The van der Waals surface area contributed by atoms with E-state index in [1.807, 2.05) is 6.92 Å². The summed E-state index contributed by atoms with van der Waals surface area (Å²) in [5.41, 5.74) is 4.88. The van der Waals surface area contributed by atoms with E-state index in [1.54, 1.807) is 11.3 Å². The molecule has 4 N–H and O–H groups in total. The molecule has 0 fully saturated rings. The summed E-state index contributed by atoms with van der Waals surface area (Å²) in [6.07, 6.45) is 0. The molecule has 108 valence electrons. The molecule has 0 unspecified atom stereocenters. The third-order valence-corrected chi connectivity index (χ3v) is 4.22. The van der Waals surface area contributed by atoms with Gasteiger partial charge in [0, 0.05) is 16.4 Å². The summed E-state index contributed by atoms with van der Waals surface area (Å²) in [6.45, 7) is 8.98. The molecule has 0 amide bonds. The van der Waals surface area contributed by atoms with Crippen molar-refractivity contribution in [2.75, 3.05) is 10.7 Å². The van der Waals surface area contributed by atoms with Crippen molar-refractivity contribution < 1.29 is 0 Å². The van der Waals surface area contributed by atoms with Gasteiger partial charge in [0.25, 0.3) is 0 Å². The number of hydrogen-bond donors (Lipinski definition) is 3. The number of nitrogens with zero attached hydrogens (tertiary/aromatic N) is 2. The minimum absolute atomic E-state index is 0.256. The maximum absolute atomic E-state index is 5.54. The summed E-state index contributed by atoms with van der Waals surface area (Å²) in [5, 5.41) is 5.49.